The highest BCUT2D eigenvalue weighted by Gasteiger charge is 2.47. The van der Waals surface area contributed by atoms with Crippen LogP contribution in [0.3, 0.4) is 0 Å². The van der Waals surface area contributed by atoms with E-state index in [9.17, 15) is 0 Å². The van der Waals surface area contributed by atoms with E-state index >= 15 is 0 Å². The SMILES string of the molecule is CCO[Si](CCc1c(OC)cccc1[Si](OCC)(OCC)OCC)(OCC)OCC. The molecule has 1 aromatic carbocycles. The van der Waals surface area contributed by atoms with Gasteiger partial charge in [-0.05, 0) is 54.0 Å². The van der Waals surface area contributed by atoms with E-state index in [1.807, 2.05) is 59.7 Å². The number of hydrogen-bond acceptors (Lipinski definition) is 7. The predicted molar refractivity (Wildman–Crippen MR) is 122 cm³/mol. The van der Waals surface area contributed by atoms with Crippen LogP contribution in [0.15, 0.2) is 18.2 Å². The Hall–Kier alpha value is -0.786. The second-order valence-electron chi connectivity index (χ2n) is 6.32. The molecule has 0 aromatic heterocycles. The third-order valence-electron chi connectivity index (χ3n) is 4.46. The molecule has 0 aliphatic heterocycles. The Kier molecular flexibility index (Phi) is 13.0. The van der Waals surface area contributed by atoms with E-state index in [0.717, 1.165) is 16.5 Å². The van der Waals surface area contributed by atoms with Crippen molar-refractivity contribution in [2.45, 2.75) is 54.0 Å². The molecule has 0 spiro atoms. The number of rotatable bonds is 17. The van der Waals surface area contributed by atoms with Crippen molar-refractivity contribution in [3.63, 3.8) is 0 Å². The summed E-state index contributed by atoms with van der Waals surface area (Å²) in [6, 6.07) is 6.56. The van der Waals surface area contributed by atoms with E-state index in [1.54, 1.807) is 7.11 Å². The van der Waals surface area contributed by atoms with E-state index in [0.29, 0.717) is 52.1 Å². The Labute approximate surface area is 184 Å². The molecule has 0 aliphatic rings. The Morgan fingerprint density at radius 3 is 1.53 bits per heavy atom. The lowest BCUT2D eigenvalue weighted by atomic mass is 10.1. The van der Waals surface area contributed by atoms with E-state index < -0.39 is 17.6 Å². The molecule has 7 nitrogen and oxygen atoms in total. The second kappa shape index (κ2) is 14.3. The fourth-order valence-electron chi connectivity index (χ4n) is 3.51. The number of benzene rings is 1. The lowest BCUT2D eigenvalue weighted by Gasteiger charge is -2.32. The minimum atomic E-state index is -3.10. The first-order chi connectivity index (χ1) is 14.5. The summed E-state index contributed by atoms with van der Waals surface area (Å²) in [6.07, 6.45) is 0.646. The van der Waals surface area contributed by atoms with Crippen LogP contribution in [0.2, 0.25) is 6.04 Å². The molecule has 30 heavy (non-hydrogen) atoms. The van der Waals surface area contributed by atoms with Crippen molar-refractivity contribution >= 4 is 22.8 Å². The molecule has 0 N–H and O–H groups in total. The monoisotopic (exact) mass is 460 g/mol. The highest BCUT2D eigenvalue weighted by molar-refractivity contribution is 6.76. The Balaban J connectivity index is 3.43. The molecule has 1 aromatic rings. The van der Waals surface area contributed by atoms with Gasteiger partial charge in [0.05, 0.1) is 7.11 Å². The summed E-state index contributed by atoms with van der Waals surface area (Å²) in [7, 11) is -4.24. The van der Waals surface area contributed by atoms with Gasteiger partial charge in [0.2, 0.25) is 0 Å². The minimum Gasteiger partial charge on any atom is -0.496 e. The molecule has 0 heterocycles. The standard InChI is InChI=1S/C21H40O7Si2/c1-8-23-29(24-9-2,25-10-3)18-17-19-20(22-7)15-14-16-21(19)30(26-11-4,27-12-5)28-13-6/h14-16H,8-13,17-18H2,1-7H3. The van der Waals surface area contributed by atoms with Crippen LogP contribution in [-0.2, 0) is 33.0 Å². The largest absolute Gasteiger partial charge is 0.537 e. The summed E-state index contributed by atoms with van der Waals surface area (Å²) >= 11 is 0. The van der Waals surface area contributed by atoms with Gasteiger partial charge < -0.3 is 31.3 Å². The van der Waals surface area contributed by atoms with Crippen molar-refractivity contribution in [3.05, 3.63) is 23.8 Å². The van der Waals surface area contributed by atoms with Crippen LogP contribution in [-0.4, -0.2) is 64.4 Å². The smallest absolute Gasteiger partial charge is 0.496 e. The van der Waals surface area contributed by atoms with Crippen molar-refractivity contribution in [3.8, 4) is 5.75 Å². The zero-order valence-electron chi connectivity index (χ0n) is 19.7. The van der Waals surface area contributed by atoms with Gasteiger partial charge in [-0.25, -0.2) is 0 Å². The number of ether oxygens (including phenoxy) is 1. The average molecular weight is 461 g/mol. The molecule has 0 saturated heterocycles. The normalized spacial score (nSPS) is 12.4. The molecule has 0 amide bonds. The molecular weight excluding hydrogens is 420 g/mol. The Bertz CT molecular complexity index is 567. The lowest BCUT2D eigenvalue weighted by molar-refractivity contribution is 0.0711. The number of hydrogen-bond donors (Lipinski definition) is 0. The van der Waals surface area contributed by atoms with Gasteiger partial charge >= 0.3 is 17.6 Å². The van der Waals surface area contributed by atoms with Gasteiger partial charge in [-0.15, -0.1) is 0 Å². The lowest BCUT2D eigenvalue weighted by Crippen LogP contribution is -2.58. The van der Waals surface area contributed by atoms with Gasteiger partial charge in [0, 0.05) is 56.4 Å². The number of methoxy groups -OCH3 is 1. The van der Waals surface area contributed by atoms with E-state index in [1.165, 1.54) is 0 Å². The molecule has 1 rings (SSSR count). The third-order valence-corrected chi connectivity index (χ3v) is 10.6. The highest BCUT2D eigenvalue weighted by Crippen LogP contribution is 2.26. The molecule has 0 atom stereocenters. The summed E-state index contributed by atoms with van der Waals surface area (Å²) in [6.45, 7) is 14.9. The van der Waals surface area contributed by atoms with E-state index in [2.05, 4.69) is 0 Å². The van der Waals surface area contributed by atoms with Gasteiger partial charge in [-0.3, -0.25) is 0 Å². The van der Waals surface area contributed by atoms with E-state index in [4.69, 9.17) is 31.3 Å². The zero-order valence-corrected chi connectivity index (χ0v) is 21.7. The second-order valence-corrected chi connectivity index (χ2v) is 11.6. The fraction of sp³-hybridized carbons (Fsp3) is 0.714. The maximum atomic E-state index is 6.17. The predicted octanol–water partition coefficient (Wildman–Crippen LogP) is 3.54. The van der Waals surface area contributed by atoms with Crippen LogP contribution in [0, 0.1) is 0 Å². The van der Waals surface area contributed by atoms with Crippen LogP contribution >= 0.6 is 0 Å². The summed E-state index contributed by atoms with van der Waals surface area (Å²) in [4.78, 5) is 0. The van der Waals surface area contributed by atoms with Crippen LogP contribution in [0.5, 0.6) is 5.75 Å². The molecule has 0 saturated carbocycles. The summed E-state index contributed by atoms with van der Waals surface area (Å²) in [5.74, 6) is 0.774. The average Bonchev–Trinajstić information content (AvgIpc) is 2.73. The van der Waals surface area contributed by atoms with E-state index in [-0.39, 0.29) is 0 Å². The van der Waals surface area contributed by atoms with Crippen LogP contribution < -0.4 is 9.92 Å². The van der Waals surface area contributed by atoms with Crippen LogP contribution in [0.1, 0.15) is 47.1 Å². The van der Waals surface area contributed by atoms with Crippen LogP contribution in [0.25, 0.3) is 0 Å². The third kappa shape index (κ3) is 7.13. The minimum absolute atomic E-state index is 0.498. The van der Waals surface area contributed by atoms with Gasteiger partial charge in [-0.2, -0.15) is 0 Å². The molecule has 0 fully saturated rings. The summed E-state index contributed by atoms with van der Waals surface area (Å²) < 4.78 is 42.3. The molecule has 174 valence electrons. The van der Waals surface area contributed by atoms with Crippen molar-refractivity contribution < 1.29 is 31.3 Å². The first kappa shape index (κ1) is 27.2. The summed E-state index contributed by atoms with van der Waals surface area (Å²) in [5, 5.41) is 0.930. The fourth-order valence-corrected chi connectivity index (χ4v) is 8.84. The van der Waals surface area contributed by atoms with Gasteiger partial charge in [0.1, 0.15) is 5.75 Å². The zero-order chi connectivity index (χ0) is 22.5. The maximum absolute atomic E-state index is 6.17. The van der Waals surface area contributed by atoms with Crippen molar-refractivity contribution in [2.75, 3.05) is 46.8 Å². The molecule has 0 radical (unpaired) electrons. The van der Waals surface area contributed by atoms with Gasteiger partial charge in [0.25, 0.3) is 0 Å². The highest BCUT2D eigenvalue weighted by atomic mass is 28.4. The van der Waals surface area contributed by atoms with Crippen molar-refractivity contribution in [2.24, 2.45) is 0 Å². The first-order valence-corrected chi connectivity index (χ1v) is 14.7. The first-order valence-electron chi connectivity index (χ1n) is 11.0. The molecular formula is C21H40O7Si2. The molecule has 9 heteroatoms. The molecule has 0 aliphatic carbocycles. The topological polar surface area (TPSA) is 64.6 Å². The van der Waals surface area contributed by atoms with Crippen LogP contribution in [0.4, 0.5) is 0 Å². The molecule has 0 unspecified atom stereocenters. The van der Waals surface area contributed by atoms with Crippen molar-refractivity contribution in [1.29, 1.82) is 0 Å². The Morgan fingerprint density at radius 2 is 1.13 bits per heavy atom. The van der Waals surface area contributed by atoms with Gasteiger partial charge in [-0.1, -0.05) is 12.1 Å². The quantitative estimate of drug-likeness (QED) is 0.329. The Morgan fingerprint density at radius 1 is 0.667 bits per heavy atom. The maximum Gasteiger partial charge on any atom is 0.537 e. The summed E-state index contributed by atoms with van der Waals surface area (Å²) in [5.41, 5.74) is 0.998. The van der Waals surface area contributed by atoms with Crippen molar-refractivity contribution in [1.82, 2.24) is 0 Å². The van der Waals surface area contributed by atoms with Gasteiger partial charge in [0.15, 0.2) is 0 Å². The molecule has 0 bridgehead atoms.